The Hall–Kier alpha value is -8.67. The highest BCUT2D eigenvalue weighted by Gasteiger charge is 2.49. The van der Waals surface area contributed by atoms with Gasteiger partial charge in [-0.25, -0.2) is 0 Å². The number of carboxylic acid groups (broad SMARTS) is 1. The molecule has 0 radical (unpaired) electrons. The maximum Gasteiger partial charge on any atom is 0.305 e. The van der Waals surface area contributed by atoms with Gasteiger partial charge in [0.05, 0.1) is 32.7 Å². The quantitative estimate of drug-likeness (QED) is 0.0322. The Kier molecular flexibility index (Phi) is 37.7. The lowest BCUT2D eigenvalue weighted by Gasteiger charge is -2.37. The first-order chi connectivity index (χ1) is 53.2. The number of fused-ring (bicyclic) bond motifs is 8. The zero-order valence-corrected chi connectivity index (χ0v) is 68.4. The van der Waals surface area contributed by atoms with Crippen LogP contribution in [0.1, 0.15) is 173 Å². The molecular formula is C72H120N18O21S2. The average Bonchev–Trinajstić information content (AvgIpc) is 1.50. The molecule has 0 aliphatic carbocycles. The lowest BCUT2D eigenvalue weighted by molar-refractivity contribution is -0.148. The van der Waals surface area contributed by atoms with E-state index in [1.54, 1.807) is 62.3 Å². The number of rotatable bonds is 15. The number of carbonyl (C=O) groups is 16. The van der Waals surface area contributed by atoms with E-state index in [1.165, 1.54) is 35.5 Å². The van der Waals surface area contributed by atoms with Crippen LogP contribution in [0, 0.1) is 23.2 Å². The summed E-state index contributed by atoms with van der Waals surface area (Å²) >= 11 is 0. The Labute approximate surface area is 666 Å². The number of carbonyl (C=O) groups excluding carboxylic acids is 15. The summed E-state index contributed by atoms with van der Waals surface area (Å²) in [5.41, 5.74) is 10.5. The number of aliphatic hydroxyl groups excluding tert-OH is 2. The van der Waals surface area contributed by atoms with Crippen molar-refractivity contribution in [2.45, 2.75) is 262 Å². The van der Waals surface area contributed by atoms with Crippen LogP contribution in [0.3, 0.4) is 0 Å². The van der Waals surface area contributed by atoms with Gasteiger partial charge in [-0.15, -0.1) is 0 Å². The van der Waals surface area contributed by atoms with Crippen molar-refractivity contribution in [3.63, 3.8) is 0 Å². The number of aliphatic imine (C=N–C) groups is 1. The summed E-state index contributed by atoms with van der Waals surface area (Å²) in [6.07, 6.45) is 0.375. The zero-order valence-electron chi connectivity index (χ0n) is 66.7. The summed E-state index contributed by atoms with van der Waals surface area (Å²) in [6.45, 7) is 16.3. The van der Waals surface area contributed by atoms with Crippen molar-refractivity contribution in [2.75, 3.05) is 65.3 Å². The molecule has 0 saturated carbocycles. The number of aliphatic carboxylic acids is 1. The van der Waals surface area contributed by atoms with Gasteiger partial charge in [0.1, 0.15) is 98.1 Å². The van der Waals surface area contributed by atoms with Crippen molar-refractivity contribution in [1.82, 2.24) is 78.5 Å². The first-order valence-electron chi connectivity index (χ1n) is 38.7. The van der Waals surface area contributed by atoms with Crippen LogP contribution in [0.5, 0.6) is 0 Å². The van der Waals surface area contributed by atoms with Crippen molar-refractivity contribution in [1.29, 1.82) is 0 Å². The number of aliphatic hydroxyl groups is 2. The Morgan fingerprint density at radius 1 is 0.558 bits per heavy atom. The summed E-state index contributed by atoms with van der Waals surface area (Å²) in [5.74, 6) is -18.0. The Balaban J connectivity index is 1.73. The number of nitrogens with two attached hydrogens (primary N) is 2. The molecule has 5 saturated heterocycles. The van der Waals surface area contributed by atoms with Crippen LogP contribution in [-0.4, -0.2) is 285 Å². The fraction of sp³-hybridized carbons (Fsp3) is 0.764. The highest BCUT2D eigenvalue weighted by atomic mass is 33.1. The van der Waals surface area contributed by atoms with E-state index < -0.39 is 246 Å². The summed E-state index contributed by atoms with van der Waals surface area (Å²) in [5, 5.41) is 62.8. The number of hydrogen-bond donors (Lipinski definition) is 17. The van der Waals surface area contributed by atoms with E-state index in [9.17, 15) is 63.3 Å². The first-order valence-corrected chi connectivity index (χ1v) is 41.0. The molecule has 0 aromatic rings. The third kappa shape index (κ3) is 28.1. The average molecular weight is 1640 g/mol. The molecule has 636 valence electrons. The minimum absolute atomic E-state index is 0.0190. The van der Waals surface area contributed by atoms with E-state index in [0.717, 1.165) is 21.6 Å². The van der Waals surface area contributed by atoms with Crippen LogP contribution in [0.25, 0.3) is 0 Å². The van der Waals surface area contributed by atoms with Gasteiger partial charge in [-0.05, 0) is 102 Å². The molecule has 0 unspecified atom stereocenters. The van der Waals surface area contributed by atoms with E-state index >= 15 is 28.8 Å². The second-order valence-electron chi connectivity index (χ2n) is 31.1. The highest BCUT2D eigenvalue weighted by Crippen LogP contribution is 2.39. The molecular weight excluding hydrogens is 1520 g/mol. The first kappa shape index (κ1) is 94.9. The van der Waals surface area contributed by atoms with Gasteiger partial charge in [0, 0.05) is 36.7 Å². The lowest BCUT2D eigenvalue weighted by Crippen LogP contribution is -2.64. The number of ether oxygens (including phenoxy) is 2. The Morgan fingerprint density at radius 2 is 1.04 bits per heavy atom. The Bertz CT molecular complexity index is 3420. The van der Waals surface area contributed by atoms with Crippen LogP contribution in [0.4, 0.5) is 0 Å². The monoisotopic (exact) mass is 1640 g/mol. The smallest absolute Gasteiger partial charge is 0.305 e. The fourth-order valence-electron chi connectivity index (χ4n) is 13.5. The van der Waals surface area contributed by atoms with Crippen molar-refractivity contribution in [3.05, 3.63) is 0 Å². The molecule has 5 aliphatic rings. The van der Waals surface area contributed by atoms with E-state index in [2.05, 4.69) is 68.8 Å². The minimum atomic E-state index is -1.95. The molecule has 5 heterocycles. The van der Waals surface area contributed by atoms with E-state index in [1.807, 2.05) is 0 Å². The molecule has 15 amide bonds. The van der Waals surface area contributed by atoms with Crippen molar-refractivity contribution in [2.24, 2.45) is 39.6 Å². The van der Waals surface area contributed by atoms with Gasteiger partial charge in [-0.2, -0.15) is 0 Å². The molecule has 0 aromatic carbocycles. The summed E-state index contributed by atoms with van der Waals surface area (Å²) < 4.78 is 9.09. The summed E-state index contributed by atoms with van der Waals surface area (Å²) in [7, 11) is 1.72. The van der Waals surface area contributed by atoms with Crippen molar-refractivity contribution in [3.8, 4) is 0 Å². The van der Waals surface area contributed by atoms with Gasteiger partial charge >= 0.3 is 5.97 Å². The standard InChI is InChI=1S/C72H120N18O21S2/c1-13-37(4)52-64(104)83-46-34-112-113-72(11,12)55(66(106)86-54(39(6)15-3)69(109)89-27-18-21-47(89)62(102)79-42(30-51(94)95)57(97)76-35-111-36-110-29-24-50(93)77-40(7)56(96)84-52)87-65(105)53(38(5)14-2)85-63(103)48-22-17-26-88(48)68(108)49-23-19-28-90(49)67(107)43(31-71(8,9)10)80-60(100)45(33-92)81-58(98)41(20-16-25-75-70(73)74)78-59(99)44(32-91)82-61(46)101/h37-49,52-55,91-92H,13-36H2,1-12H3,(H,76,97)(H,77,93)(H,78,99)(H,79,102)(H,80,100)(H,81,98)(H,82,101)(H,83,104)(H,84,96)(H,85,103)(H,86,106)(H,87,105)(H,94,95)(H4,73,74,75)/t37-,38-,39-,40-,41-,42-,43-,44-,45-,46-,47-,48-,49-,52-,53-,54-,55+/m0/s1. The molecule has 39 nitrogen and oxygen atoms in total. The number of hydrogen-bond acceptors (Lipinski definition) is 23. The zero-order chi connectivity index (χ0) is 84.4. The van der Waals surface area contributed by atoms with Crippen LogP contribution >= 0.6 is 21.6 Å². The van der Waals surface area contributed by atoms with E-state index in [4.69, 9.17) is 20.9 Å². The second kappa shape index (κ2) is 44.8. The molecule has 0 aromatic heterocycles. The number of carboxylic acids is 1. The molecule has 17 atom stereocenters. The van der Waals surface area contributed by atoms with Gasteiger partial charge in [0.25, 0.3) is 0 Å². The van der Waals surface area contributed by atoms with Gasteiger partial charge in [-0.1, -0.05) is 103 Å². The maximum atomic E-state index is 15.7. The predicted molar refractivity (Wildman–Crippen MR) is 414 cm³/mol. The Morgan fingerprint density at radius 3 is 1.58 bits per heavy atom. The second-order valence-corrected chi connectivity index (χ2v) is 34.1. The van der Waals surface area contributed by atoms with Gasteiger partial charge in [0.15, 0.2) is 5.96 Å². The fourth-order valence-corrected chi connectivity index (χ4v) is 16.3. The third-order valence-corrected chi connectivity index (χ3v) is 24.0. The van der Waals surface area contributed by atoms with E-state index in [0.29, 0.717) is 12.8 Å². The highest BCUT2D eigenvalue weighted by molar-refractivity contribution is 8.77. The number of nitrogens with one attached hydrogen (secondary N) is 12. The number of nitrogens with zero attached hydrogens (tertiary/aromatic N) is 4. The molecule has 0 spiro atoms. The van der Waals surface area contributed by atoms with Gasteiger partial charge in [0.2, 0.25) is 88.6 Å². The van der Waals surface area contributed by atoms with Gasteiger partial charge < -0.3 is 115 Å². The van der Waals surface area contributed by atoms with Gasteiger partial charge in [-0.3, -0.25) is 81.7 Å². The van der Waals surface area contributed by atoms with Crippen LogP contribution in [0.2, 0.25) is 0 Å². The van der Waals surface area contributed by atoms with Crippen molar-refractivity contribution >= 4 is 122 Å². The lowest BCUT2D eigenvalue weighted by atomic mass is 9.87. The van der Waals surface area contributed by atoms with Crippen LogP contribution < -0.4 is 75.3 Å². The van der Waals surface area contributed by atoms with Crippen LogP contribution in [-0.2, 0) is 86.2 Å². The van der Waals surface area contributed by atoms with Crippen LogP contribution in [0.15, 0.2) is 4.99 Å². The predicted octanol–water partition coefficient (Wildman–Crippen LogP) is -3.96. The molecule has 41 heteroatoms. The number of guanidine groups is 1. The molecule has 5 aliphatic heterocycles. The number of amides is 15. The minimum Gasteiger partial charge on any atom is -0.481 e. The third-order valence-electron chi connectivity index (χ3n) is 20.7. The van der Waals surface area contributed by atoms with E-state index in [-0.39, 0.29) is 109 Å². The molecule has 19 N–H and O–H groups in total. The molecule has 5 rings (SSSR count). The molecule has 2 bridgehead atoms. The summed E-state index contributed by atoms with van der Waals surface area (Å²) in [6, 6.07) is -21.3. The molecule has 5 fully saturated rings. The normalized spacial score (nSPS) is 29.5. The SMILES string of the molecule is CC[C@H](C)[C@@H]1NC(=O)[C@H](C)NC(=O)CCOCOCNC(=O)[C@H](CC(=O)O)NC(=O)[C@@H]2CCCN2C(=O)[C@H]([C@@H](C)CC)NC(=O)[C@H]2NC(=O)[C@H]([C@@H](C)CC)NC(=O)[C@@H]3CCCN3C(=O)[C@@H]3CCCN3C(=O)[C@H](CC(C)(C)C)NC(=O)[C@H](CO)NC(=O)[C@H](CCCN=C(N)N)NC(=O)[C@H](CO)NC(=O)[C@H](CSSC2(C)C)NC1=O. The summed E-state index contributed by atoms with van der Waals surface area (Å²) in [4.78, 5) is 240. The topological polar surface area (TPSA) is 571 Å². The van der Waals surface area contributed by atoms with Crippen molar-refractivity contribution < 1.29 is 102 Å². The maximum absolute atomic E-state index is 15.7. The largest absolute Gasteiger partial charge is 0.481 e. The molecule has 113 heavy (non-hydrogen) atoms.